The Balaban J connectivity index is 2.01. The molecule has 1 fully saturated rings. The van der Waals surface area contributed by atoms with E-state index in [1.807, 2.05) is 4.90 Å². The lowest BCUT2D eigenvalue weighted by atomic mass is 10.1. The summed E-state index contributed by atoms with van der Waals surface area (Å²) in [7, 11) is 0. The van der Waals surface area contributed by atoms with E-state index in [9.17, 15) is 4.79 Å². The van der Waals surface area contributed by atoms with E-state index in [-0.39, 0.29) is 5.91 Å². The van der Waals surface area contributed by atoms with Crippen molar-refractivity contribution < 1.29 is 9.32 Å². The summed E-state index contributed by atoms with van der Waals surface area (Å²) in [6, 6.07) is 2.04. The third kappa shape index (κ3) is 3.32. The zero-order valence-corrected chi connectivity index (χ0v) is 11.1. The average Bonchev–Trinajstić information content (AvgIpc) is 2.99. The van der Waals surface area contributed by atoms with Gasteiger partial charge in [-0.15, -0.1) is 0 Å². The van der Waals surface area contributed by atoms with Gasteiger partial charge in [0.1, 0.15) is 6.26 Å². The van der Waals surface area contributed by atoms with Gasteiger partial charge in [-0.2, -0.15) is 0 Å². The summed E-state index contributed by atoms with van der Waals surface area (Å²) in [5.74, 6) is 0.411. The second-order valence-corrected chi connectivity index (χ2v) is 5.28. The van der Waals surface area contributed by atoms with Crippen molar-refractivity contribution >= 4 is 5.91 Å². The standard InChI is InChI=1S/C13H21N3O2/c1-10(2)8-16(9-11-4-3-6-14-11)13(17)12-5-7-18-15-12/h5,7,10-11,14H,3-4,6,8-9H2,1-2H3. The second kappa shape index (κ2) is 6.00. The molecule has 1 saturated heterocycles. The van der Waals surface area contributed by atoms with E-state index < -0.39 is 0 Å². The van der Waals surface area contributed by atoms with Gasteiger partial charge in [-0.25, -0.2) is 0 Å². The highest BCUT2D eigenvalue weighted by atomic mass is 16.5. The van der Waals surface area contributed by atoms with Crippen molar-refractivity contribution in [1.82, 2.24) is 15.4 Å². The minimum Gasteiger partial charge on any atom is -0.364 e. The molecule has 1 N–H and O–H groups in total. The fourth-order valence-electron chi connectivity index (χ4n) is 2.34. The van der Waals surface area contributed by atoms with E-state index >= 15 is 0 Å². The highest BCUT2D eigenvalue weighted by molar-refractivity contribution is 5.92. The predicted octanol–water partition coefficient (Wildman–Crippen LogP) is 1.52. The van der Waals surface area contributed by atoms with Gasteiger partial charge in [-0.3, -0.25) is 4.79 Å². The van der Waals surface area contributed by atoms with Gasteiger partial charge in [0.2, 0.25) is 0 Å². The molecular formula is C13H21N3O2. The summed E-state index contributed by atoms with van der Waals surface area (Å²) in [6.07, 6.45) is 3.77. The molecule has 2 heterocycles. The molecule has 1 aromatic heterocycles. The minimum absolute atomic E-state index is 0.0360. The molecule has 1 aromatic rings. The van der Waals surface area contributed by atoms with Gasteiger partial charge in [0.25, 0.3) is 5.91 Å². The zero-order chi connectivity index (χ0) is 13.0. The maximum Gasteiger partial charge on any atom is 0.276 e. The maximum atomic E-state index is 12.3. The number of hydrogen-bond acceptors (Lipinski definition) is 4. The third-order valence-corrected chi connectivity index (χ3v) is 3.13. The van der Waals surface area contributed by atoms with Crippen LogP contribution in [0.3, 0.4) is 0 Å². The summed E-state index contributed by atoms with van der Waals surface area (Å²) in [5.41, 5.74) is 0.397. The van der Waals surface area contributed by atoms with Gasteiger partial charge in [0.15, 0.2) is 5.69 Å². The first-order chi connectivity index (χ1) is 8.66. The van der Waals surface area contributed by atoms with Crippen LogP contribution in [-0.4, -0.2) is 41.6 Å². The summed E-state index contributed by atoms with van der Waals surface area (Å²) in [4.78, 5) is 14.2. The molecule has 0 saturated carbocycles. The molecule has 1 amide bonds. The van der Waals surface area contributed by atoms with Crippen LogP contribution in [0.25, 0.3) is 0 Å². The Bertz CT molecular complexity index is 370. The van der Waals surface area contributed by atoms with Crippen molar-refractivity contribution in [2.24, 2.45) is 5.92 Å². The number of rotatable bonds is 5. The van der Waals surface area contributed by atoms with Crippen molar-refractivity contribution in [1.29, 1.82) is 0 Å². The SMILES string of the molecule is CC(C)CN(CC1CCCN1)C(=O)c1ccon1. The molecule has 0 spiro atoms. The van der Waals surface area contributed by atoms with E-state index in [4.69, 9.17) is 4.52 Å². The molecule has 100 valence electrons. The van der Waals surface area contributed by atoms with Crippen molar-refractivity contribution in [2.45, 2.75) is 32.7 Å². The van der Waals surface area contributed by atoms with Crippen LogP contribution in [0.1, 0.15) is 37.2 Å². The van der Waals surface area contributed by atoms with Crippen LogP contribution in [-0.2, 0) is 0 Å². The summed E-state index contributed by atoms with van der Waals surface area (Å²) < 4.78 is 4.75. The fraction of sp³-hybridized carbons (Fsp3) is 0.692. The molecule has 1 atom stereocenters. The zero-order valence-electron chi connectivity index (χ0n) is 11.1. The van der Waals surface area contributed by atoms with Gasteiger partial charge >= 0.3 is 0 Å². The van der Waals surface area contributed by atoms with Crippen LogP contribution < -0.4 is 5.32 Å². The molecule has 0 bridgehead atoms. The van der Waals surface area contributed by atoms with Crippen LogP contribution in [0.2, 0.25) is 0 Å². The Morgan fingerprint density at radius 3 is 3.06 bits per heavy atom. The predicted molar refractivity (Wildman–Crippen MR) is 68.3 cm³/mol. The summed E-state index contributed by atoms with van der Waals surface area (Å²) in [6.45, 7) is 6.79. The van der Waals surface area contributed by atoms with Gasteiger partial charge in [-0.05, 0) is 25.3 Å². The first-order valence-corrected chi connectivity index (χ1v) is 6.60. The Morgan fingerprint density at radius 1 is 1.67 bits per heavy atom. The Labute approximate surface area is 108 Å². The van der Waals surface area contributed by atoms with Crippen LogP contribution in [0.5, 0.6) is 0 Å². The van der Waals surface area contributed by atoms with Crippen LogP contribution in [0.15, 0.2) is 16.9 Å². The largest absolute Gasteiger partial charge is 0.364 e. The van der Waals surface area contributed by atoms with Gasteiger partial charge in [0.05, 0.1) is 0 Å². The molecular weight excluding hydrogens is 230 g/mol. The quantitative estimate of drug-likeness (QED) is 0.862. The van der Waals surface area contributed by atoms with E-state index in [1.165, 1.54) is 12.7 Å². The maximum absolute atomic E-state index is 12.3. The van der Waals surface area contributed by atoms with E-state index in [2.05, 4.69) is 24.3 Å². The molecule has 1 unspecified atom stereocenters. The van der Waals surface area contributed by atoms with E-state index in [0.717, 1.165) is 26.1 Å². The molecule has 0 aromatic carbocycles. The topological polar surface area (TPSA) is 58.4 Å². The molecule has 2 rings (SSSR count). The molecule has 1 aliphatic rings. The highest BCUT2D eigenvalue weighted by Crippen LogP contribution is 2.11. The van der Waals surface area contributed by atoms with Crippen molar-refractivity contribution in [3.63, 3.8) is 0 Å². The average molecular weight is 251 g/mol. The van der Waals surface area contributed by atoms with Gasteiger partial charge in [0, 0.05) is 25.2 Å². The monoisotopic (exact) mass is 251 g/mol. The molecule has 5 nitrogen and oxygen atoms in total. The van der Waals surface area contributed by atoms with E-state index in [0.29, 0.717) is 17.7 Å². The Hall–Kier alpha value is -1.36. The molecule has 1 aliphatic heterocycles. The van der Waals surface area contributed by atoms with Crippen LogP contribution >= 0.6 is 0 Å². The lowest BCUT2D eigenvalue weighted by Crippen LogP contribution is -2.43. The van der Waals surface area contributed by atoms with E-state index in [1.54, 1.807) is 6.07 Å². The lowest BCUT2D eigenvalue weighted by Gasteiger charge is -2.26. The van der Waals surface area contributed by atoms with Crippen LogP contribution in [0.4, 0.5) is 0 Å². The first-order valence-electron chi connectivity index (χ1n) is 6.60. The summed E-state index contributed by atoms with van der Waals surface area (Å²) in [5, 5.41) is 7.16. The van der Waals surface area contributed by atoms with Crippen LogP contribution in [0, 0.1) is 5.92 Å². The molecule has 18 heavy (non-hydrogen) atoms. The molecule has 0 radical (unpaired) electrons. The number of amides is 1. The molecule has 0 aliphatic carbocycles. The Morgan fingerprint density at radius 2 is 2.50 bits per heavy atom. The Kier molecular flexibility index (Phi) is 4.36. The second-order valence-electron chi connectivity index (χ2n) is 5.28. The smallest absolute Gasteiger partial charge is 0.276 e. The molecule has 5 heteroatoms. The lowest BCUT2D eigenvalue weighted by molar-refractivity contribution is 0.0711. The number of carbonyl (C=O) groups is 1. The fourth-order valence-corrected chi connectivity index (χ4v) is 2.34. The van der Waals surface area contributed by atoms with Gasteiger partial charge < -0.3 is 14.7 Å². The van der Waals surface area contributed by atoms with Crippen molar-refractivity contribution in [3.05, 3.63) is 18.0 Å². The number of hydrogen-bond donors (Lipinski definition) is 1. The third-order valence-electron chi connectivity index (χ3n) is 3.13. The van der Waals surface area contributed by atoms with Crippen molar-refractivity contribution in [3.8, 4) is 0 Å². The number of nitrogens with zero attached hydrogens (tertiary/aromatic N) is 2. The number of nitrogens with one attached hydrogen (secondary N) is 1. The summed E-state index contributed by atoms with van der Waals surface area (Å²) >= 11 is 0. The highest BCUT2D eigenvalue weighted by Gasteiger charge is 2.24. The first kappa shape index (κ1) is 13.1. The number of aromatic nitrogens is 1. The normalized spacial score (nSPS) is 19.4. The minimum atomic E-state index is -0.0360. The number of carbonyl (C=O) groups excluding carboxylic acids is 1. The van der Waals surface area contributed by atoms with Crippen molar-refractivity contribution in [2.75, 3.05) is 19.6 Å². The van der Waals surface area contributed by atoms with Gasteiger partial charge in [-0.1, -0.05) is 19.0 Å².